The van der Waals surface area contributed by atoms with Crippen LogP contribution in [0.2, 0.25) is 0 Å². The fourth-order valence-corrected chi connectivity index (χ4v) is 7.03. The number of nitrogens with one attached hydrogen (secondary N) is 1. The van der Waals surface area contributed by atoms with Crippen LogP contribution in [-0.4, -0.2) is 66.5 Å². The van der Waals surface area contributed by atoms with Gasteiger partial charge in [0.1, 0.15) is 11.6 Å². The number of piperidine rings is 1. The molecule has 1 spiro atoms. The summed E-state index contributed by atoms with van der Waals surface area (Å²) in [6, 6.07) is 1.78. The highest BCUT2D eigenvalue weighted by molar-refractivity contribution is 9.10. The number of rotatable bonds is 7. The van der Waals surface area contributed by atoms with Crippen molar-refractivity contribution in [1.82, 2.24) is 15.1 Å². The quantitative estimate of drug-likeness (QED) is 0.604. The maximum atomic E-state index is 13.5. The normalized spacial score (nSPS) is 25.2. The lowest BCUT2D eigenvalue weighted by Gasteiger charge is -2.52. The number of hydrogen-bond donors (Lipinski definition) is 1. The van der Waals surface area contributed by atoms with Crippen LogP contribution in [0, 0.1) is 5.92 Å². The van der Waals surface area contributed by atoms with Crippen LogP contribution in [0.4, 0.5) is 0 Å². The molecule has 2 aliphatic heterocycles. The Kier molecular flexibility index (Phi) is 7.72. The van der Waals surface area contributed by atoms with E-state index in [1.54, 1.807) is 18.4 Å². The molecule has 3 heterocycles. The molecule has 8 heteroatoms. The lowest BCUT2D eigenvalue weighted by molar-refractivity contribution is -0.162. The molecule has 1 unspecified atom stereocenters. The van der Waals surface area contributed by atoms with Gasteiger partial charge in [-0.2, -0.15) is 0 Å². The zero-order valence-electron chi connectivity index (χ0n) is 18.4. The first-order valence-corrected chi connectivity index (χ1v) is 13.3. The van der Waals surface area contributed by atoms with E-state index in [1.165, 1.54) is 37.0 Å². The van der Waals surface area contributed by atoms with E-state index in [1.807, 2.05) is 4.90 Å². The van der Waals surface area contributed by atoms with Crippen molar-refractivity contribution in [3.05, 3.63) is 20.8 Å². The third kappa shape index (κ3) is 5.18. The van der Waals surface area contributed by atoms with E-state index in [-0.39, 0.29) is 17.9 Å². The monoisotopic (exact) mass is 511 g/mol. The Labute approximate surface area is 197 Å². The van der Waals surface area contributed by atoms with Crippen molar-refractivity contribution in [3.8, 4) is 0 Å². The van der Waals surface area contributed by atoms with Crippen LogP contribution in [0.3, 0.4) is 0 Å². The largest absolute Gasteiger partial charge is 0.383 e. The van der Waals surface area contributed by atoms with Gasteiger partial charge in [0.2, 0.25) is 11.8 Å². The third-order valence-corrected chi connectivity index (χ3v) is 8.99. The number of halogens is 1. The number of likely N-dealkylation sites (tertiary alicyclic amines) is 1. The van der Waals surface area contributed by atoms with Gasteiger partial charge in [0, 0.05) is 48.0 Å². The molecule has 2 amide bonds. The molecule has 172 valence electrons. The number of nitrogens with zero attached hydrogens (tertiary/aromatic N) is 2. The molecule has 1 aliphatic carbocycles. The van der Waals surface area contributed by atoms with E-state index in [0.29, 0.717) is 31.9 Å². The molecule has 1 saturated carbocycles. The highest BCUT2D eigenvalue weighted by atomic mass is 79.9. The zero-order chi connectivity index (χ0) is 21.8. The smallest absolute Gasteiger partial charge is 0.246 e. The molecule has 6 nitrogen and oxygen atoms in total. The molecule has 3 aliphatic rings. The Balaban J connectivity index is 1.44. The molecule has 3 fully saturated rings. The van der Waals surface area contributed by atoms with Crippen LogP contribution in [0.1, 0.15) is 56.2 Å². The summed E-state index contributed by atoms with van der Waals surface area (Å²) in [5, 5.41) is 5.26. The molecule has 1 atom stereocenters. The molecule has 4 rings (SSSR count). The first-order chi connectivity index (χ1) is 15.0. The summed E-state index contributed by atoms with van der Waals surface area (Å²) in [5.74, 6) is 0.689. The van der Waals surface area contributed by atoms with E-state index in [9.17, 15) is 9.59 Å². The van der Waals surface area contributed by atoms with Crippen LogP contribution in [0.5, 0.6) is 0 Å². The summed E-state index contributed by atoms with van der Waals surface area (Å²) in [6.07, 6.45) is 8.27. The summed E-state index contributed by atoms with van der Waals surface area (Å²) in [6.45, 7) is 3.47. The molecule has 1 aromatic heterocycles. The van der Waals surface area contributed by atoms with E-state index >= 15 is 0 Å². The summed E-state index contributed by atoms with van der Waals surface area (Å²) in [5.41, 5.74) is -0.731. The average Bonchev–Trinajstić information content (AvgIpc) is 3.19. The Hall–Kier alpha value is -0.960. The summed E-state index contributed by atoms with van der Waals surface area (Å²) in [7, 11) is 1.66. The standard InChI is InChI=1S/C23H34BrN3O3S/c1-30-12-11-27-21(28)20(13-17-5-3-2-4-6-17)25-22(29)23(27)7-9-26(10-8-23)15-19-14-18(24)16-31-19/h14,16-17,20H,2-13,15H2,1H3,(H,25,29). The van der Waals surface area contributed by atoms with Crippen LogP contribution in [0.25, 0.3) is 0 Å². The topological polar surface area (TPSA) is 61.9 Å². The van der Waals surface area contributed by atoms with E-state index in [0.717, 1.165) is 30.5 Å². The van der Waals surface area contributed by atoms with Gasteiger partial charge in [0.25, 0.3) is 0 Å². The lowest BCUT2D eigenvalue weighted by Crippen LogP contribution is -2.73. The van der Waals surface area contributed by atoms with Crippen molar-refractivity contribution in [2.24, 2.45) is 5.92 Å². The lowest BCUT2D eigenvalue weighted by atomic mass is 9.79. The van der Waals surface area contributed by atoms with E-state index < -0.39 is 5.54 Å². The second-order valence-electron chi connectivity index (χ2n) is 9.29. The van der Waals surface area contributed by atoms with Gasteiger partial charge in [0.05, 0.1) is 6.61 Å². The number of methoxy groups -OCH3 is 1. The second kappa shape index (κ2) is 10.3. The minimum Gasteiger partial charge on any atom is -0.383 e. The van der Waals surface area contributed by atoms with Crippen LogP contribution in [0.15, 0.2) is 15.9 Å². The Morgan fingerprint density at radius 3 is 2.61 bits per heavy atom. The van der Waals surface area contributed by atoms with Crippen molar-refractivity contribution in [1.29, 1.82) is 0 Å². The minimum atomic E-state index is -0.731. The Morgan fingerprint density at radius 2 is 1.97 bits per heavy atom. The van der Waals surface area contributed by atoms with Crippen LogP contribution in [-0.2, 0) is 20.9 Å². The van der Waals surface area contributed by atoms with Gasteiger partial charge < -0.3 is 15.0 Å². The number of amides is 2. The second-order valence-corrected chi connectivity index (χ2v) is 11.2. The SMILES string of the molecule is COCCN1C(=O)C(CC2CCCCC2)NC(=O)C12CCN(Cc1cc(Br)cs1)CC2. The van der Waals surface area contributed by atoms with Gasteiger partial charge in [-0.1, -0.05) is 32.1 Å². The average molecular weight is 513 g/mol. The van der Waals surface area contributed by atoms with Crippen molar-refractivity contribution < 1.29 is 14.3 Å². The predicted octanol–water partition coefficient (Wildman–Crippen LogP) is 3.79. The van der Waals surface area contributed by atoms with E-state index in [4.69, 9.17) is 4.74 Å². The third-order valence-electron chi connectivity index (χ3n) is 7.31. The molecule has 0 aromatic carbocycles. The number of piperazine rings is 1. The number of hydrogen-bond acceptors (Lipinski definition) is 5. The van der Waals surface area contributed by atoms with Gasteiger partial charge >= 0.3 is 0 Å². The maximum absolute atomic E-state index is 13.5. The summed E-state index contributed by atoms with van der Waals surface area (Å²) >= 11 is 5.28. The van der Waals surface area contributed by atoms with Gasteiger partial charge in [-0.15, -0.1) is 11.3 Å². The fourth-order valence-electron chi connectivity index (χ4n) is 5.53. The molecule has 1 N–H and O–H groups in total. The van der Waals surface area contributed by atoms with Crippen LogP contribution < -0.4 is 5.32 Å². The molecular formula is C23H34BrN3O3S. The zero-order valence-corrected chi connectivity index (χ0v) is 20.8. The predicted molar refractivity (Wildman–Crippen MR) is 126 cm³/mol. The van der Waals surface area contributed by atoms with Crippen LogP contribution >= 0.6 is 27.3 Å². The first-order valence-electron chi connectivity index (χ1n) is 11.6. The highest BCUT2D eigenvalue weighted by Gasteiger charge is 2.53. The Morgan fingerprint density at radius 1 is 1.23 bits per heavy atom. The van der Waals surface area contributed by atoms with Gasteiger partial charge in [0.15, 0.2) is 0 Å². The van der Waals surface area contributed by atoms with Crippen molar-refractivity contribution in [2.45, 2.75) is 69.5 Å². The first kappa shape index (κ1) is 23.2. The molecule has 0 bridgehead atoms. The summed E-state index contributed by atoms with van der Waals surface area (Å²) < 4.78 is 6.43. The molecule has 31 heavy (non-hydrogen) atoms. The molecule has 2 saturated heterocycles. The number of carbonyl (C=O) groups is 2. The van der Waals surface area contributed by atoms with E-state index in [2.05, 4.69) is 37.6 Å². The van der Waals surface area contributed by atoms with Crippen molar-refractivity contribution >= 4 is 39.1 Å². The number of thiophene rings is 1. The molecule has 1 aromatic rings. The highest BCUT2D eigenvalue weighted by Crippen LogP contribution is 2.36. The molecule has 0 radical (unpaired) electrons. The fraction of sp³-hybridized carbons (Fsp3) is 0.739. The van der Waals surface area contributed by atoms with Crippen molar-refractivity contribution in [3.63, 3.8) is 0 Å². The number of carbonyl (C=O) groups excluding carboxylic acids is 2. The van der Waals surface area contributed by atoms with Gasteiger partial charge in [-0.05, 0) is 47.2 Å². The van der Waals surface area contributed by atoms with Gasteiger partial charge in [-0.3, -0.25) is 14.5 Å². The Bertz CT molecular complexity index is 772. The summed E-state index contributed by atoms with van der Waals surface area (Å²) in [4.78, 5) is 32.6. The van der Waals surface area contributed by atoms with Crippen molar-refractivity contribution in [2.75, 3.05) is 33.4 Å². The molecular weight excluding hydrogens is 478 g/mol. The van der Waals surface area contributed by atoms with Gasteiger partial charge in [-0.25, -0.2) is 0 Å². The minimum absolute atomic E-state index is 0.0440. The number of ether oxygens (including phenoxy) is 1. The maximum Gasteiger partial charge on any atom is 0.246 e.